The van der Waals surface area contributed by atoms with Crippen molar-refractivity contribution in [3.63, 3.8) is 0 Å². The van der Waals surface area contributed by atoms with Gasteiger partial charge in [0.05, 0.1) is 16.7 Å². The van der Waals surface area contributed by atoms with Gasteiger partial charge >= 0.3 is 0 Å². The number of fused-ring (bicyclic) bond motifs is 1. The SMILES string of the molecule is [NH]c1ccc(-c2nc3ccccc3[nH]2)cc1. The summed E-state index contributed by atoms with van der Waals surface area (Å²) in [6.45, 7) is 0. The largest absolute Gasteiger partial charge is 0.338 e. The van der Waals surface area contributed by atoms with Gasteiger partial charge in [-0.3, -0.25) is 0 Å². The summed E-state index contributed by atoms with van der Waals surface area (Å²) >= 11 is 0. The molecule has 0 aliphatic carbocycles. The average Bonchev–Trinajstić information content (AvgIpc) is 2.73. The maximum atomic E-state index is 7.43. The van der Waals surface area contributed by atoms with Crippen molar-refractivity contribution in [1.29, 1.82) is 0 Å². The van der Waals surface area contributed by atoms with E-state index in [0.717, 1.165) is 22.4 Å². The number of nitrogens with zero attached hydrogens (tertiary/aromatic N) is 1. The molecule has 2 aromatic carbocycles. The number of aromatic nitrogens is 2. The van der Waals surface area contributed by atoms with E-state index >= 15 is 0 Å². The Morgan fingerprint density at radius 3 is 2.44 bits per heavy atom. The van der Waals surface area contributed by atoms with Crippen LogP contribution in [-0.4, -0.2) is 9.97 Å². The highest BCUT2D eigenvalue weighted by atomic mass is 14.9. The minimum Gasteiger partial charge on any atom is -0.338 e. The zero-order valence-electron chi connectivity index (χ0n) is 8.57. The Bertz CT molecular complexity index is 590. The fourth-order valence-corrected chi connectivity index (χ4v) is 1.72. The van der Waals surface area contributed by atoms with Gasteiger partial charge in [0.1, 0.15) is 5.82 Å². The van der Waals surface area contributed by atoms with Crippen LogP contribution in [0.4, 0.5) is 5.69 Å². The molecule has 0 saturated heterocycles. The molecule has 0 aliphatic rings. The molecule has 0 aliphatic heterocycles. The fraction of sp³-hybridized carbons (Fsp3) is 0. The molecule has 0 amide bonds. The second-order valence-corrected chi connectivity index (χ2v) is 3.68. The highest BCUT2D eigenvalue weighted by Crippen LogP contribution is 2.21. The van der Waals surface area contributed by atoms with Gasteiger partial charge in [-0.15, -0.1) is 0 Å². The molecule has 3 rings (SSSR count). The Labute approximate surface area is 92.9 Å². The molecule has 0 spiro atoms. The van der Waals surface area contributed by atoms with Crippen LogP contribution in [0.5, 0.6) is 0 Å². The van der Waals surface area contributed by atoms with Gasteiger partial charge in [0.15, 0.2) is 0 Å². The molecule has 77 valence electrons. The van der Waals surface area contributed by atoms with E-state index in [9.17, 15) is 0 Å². The average molecular weight is 208 g/mol. The zero-order valence-corrected chi connectivity index (χ0v) is 8.57. The minimum absolute atomic E-state index is 0.514. The van der Waals surface area contributed by atoms with Crippen molar-refractivity contribution in [2.75, 3.05) is 0 Å². The molecular weight excluding hydrogens is 198 g/mol. The molecule has 0 atom stereocenters. The Morgan fingerprint density at radius 1 is 0.938 bits per heavy atom. The third kappa shape index (κ3) is 1.42. The normalized spacial score (nSPS) is 10.8. The number of imidazole rings is 1. The lowest BCUT2D eigenvalue weighted by molar-refractivity contribution is 1.33. The van der Waals surface area contributed by atoms with Crippen LogP contribution in [0.25, 0.3) is 22.4 Å². The Balaban J connectivity index is 2.15. The first-order valence-electron chi connectivity index (χ1n) is 5.10. The van der Waals surface area contributed by atoms with Gasteiger partial charge in [0.25, 0.3) is 0 Å². The lowest BCUT2D eigenvalue weighted by Gasteiger charge is -1.95. The second kappa shape index (κ2) is 3.38. The van der Waals surface area contributed by atoms with Gasteiger partial charge in [-0.1, -0.05) is 12.1 Å². The van der Waals surface area contributed by atoms with Crippen molar-refractivity contribution in [1.82, 2.24) is 15.7 Å². The van der Waals surface area contributed by atoms with Crippen molar-refractivity contribution in [3.8, 4) is 11.4 Å². The molecule has 0 bridgehead atoms. The van der Waals surface area contributed by atoms with Gasteiger partial charge in [0.2, 0.25) is 0 Å². The molecule has 3 heteroatoms. The number of para-hydroxylation sites is 2. The standard InChI is InChI=1S/C13H10N3/c14-10-7-5-9(6-8-10)13-15-11-3-1-2-4-12(11)16-13/h1-8,14H,(H,15,16). The number of nitrogens with one attached hydrogen (secondary N) is 2. The Kier molecular flexibility index (Phi) is 1.90. The van der Waals surface area contributed by atoms with Crippen LogP contribution in [0.1, 0.15) is 0 Å². The summed E-state index contributed by atoms with van der Waals surface area (Å²) in [7, 11) is 0. The van der Waals surface area contributed by atoms with Crippen LogP contribution in [0.3, 0.4) is 0 Å². The summed E-state index contributed by atoms with van der Waals surface area (Å²) in [6, 6.07) is 15.3. The van der Waals surface area contributed by atoms with Crippen LogP contribution in [0.15, 0.2) is 48.5 Å². The number of rotatable bonds is 1. The van der Waals surface area contributed by atoms with E-state index in [4.69, 9.17) is 5.73 Å². The first-order valence-corrected chi connectivity index (χ1v) is 5.10. The van der Waals surface area contributed by atoms with Crippen LogP contribution in [0.2, 0.25) is 0 Å². The van der Waals surface area contributed by atoms with Crippen LogP contribution in [-0.2, 0) is 0 Å². The van der Waals surface area contributed by atoms with Crippen LogP contribution < -0.4 is 5.73 Å². The monoisotopic (exact) mass is 208 g/mol. The molecule has 2 N–H and O–H groups in total. The number of hydrogen-bond donors (Lipinski definition) is 1. The molecule has 1 heterocycles. The molecule has 3 nitrogen and oxygen atoms in total. The minimum atomic E-state index is 0.514. The molecule has 3 aromatic rings. The lowest BCUT2D eigenvalue weighted by Crippen LogP contribution is -1.79. The van der Waals surface area contributed by atoms with Crippen LogP contribution >= 0.6 is 0 Å². The Morgan fingerprint density at radius 2 is 1.69 bits per heavy atom. The summed E-state index contributed by atoms with van der Waals surface area (Å²) < 4.78 is 0. The maximum Gasteiger partial charge on any atom is 0.138 e. The summed E-state index contributed by atoms with van der Waals surface area (Å²) in [6.07, 6.45) is 0. The fourth-order valence-electron chi connectivity index (χ4n) is 1.72. The summed E-state index contributed by atoms with van der Waals surface area (Å²) in [5.41, 5.74) is 11.0. The number of benzene rings is 2. The van der Waals surface area contributed by atoms with Crippen molar-refractivity contribution < 1.29 is 0 Å². The smallest absolute Gasteiger partial charge is 0.138 e. The van der Waals surface area contributed by atoms with Gasteiger partial charge in [-0.05, 0) is 36.4 Å². The van der Waals surface area contributed by atoms with Crippen LogP contribution in [0, 0.1) is 0 Å². The Hall–Kier alpha value is -2.29. The third-order valence-electron chi connectivity index (χ3n) is 2.55. The molecule has 0 unspecified atom stereocenters. The van der Waals surface area contributed by atoms with Gasteiger partial charge in [-0.25, -0.2) is 4.98 Å². The van der Waals surface area contributed by atoms with Crippen molar-refractivity contribution in [2.24, 2.45) is 0 Å². The third-order valence-corrected chi connectivity index (χ3v) is 2.55. The van der Waals surface area contributed by atoms with Crippen molar-refractivity contribution in [2.45, 2.75) is 0 Å². The quantitative estimate of drug-likeness (QED) is 0.656. The van der Waals surface area contributed by atoms with E-state index < -0.39 is 0 Å². The summed E-state index contributed by atoms with van der Waals surface area (Å²) in [5.74, 6) is 0.848. The topological polar surface area (TPSA) is 52.5 Å². The zero-order chi connectivity index (χ0) is 11.0. The summed E-state index contributed by atoms with van der Waals surface area (Å²) in [5, 5.41) is 0. The van der Waals surface area contributed by atoms with E-state index in [0.29, 0.717) is 5.69 Å². The lowest BCUT2D eigenvalue weighted by atomic mass is 10.2. The van der Waals surface area contributed by atoms with Gasteiger partial charge in [0, 0.05) is 5.56 Å². The maximum absolute atomic E-state index is 7.43. The number of hydrogen-bond acceptors (Lipinski definition) is 1. The predicted molar refractivity (Wildman–Crippen MR) is 64.3 cm³/mol. The van der Waals surface area contributed by atoms with Crippen molar-refractivity contribution in [3.05, 3.63) is 48.5 Å². The van der Waals surface area contributed by atoms with E-state index in [-0.39, 0.29) is 0 Å². The van der Waals surface area contributed by atoms with E-state index in [1.807, 2.05) is 36.4 Å². The molecule has 1 radical (unpaired) electrons. The number of H-pyrrole nitrogens is 1. The predicted octanol–water partition coefficient (Wildman–Crippen LogP) is 3.14. The van der Waals surface area contributed by atoms with E-state index in [2.05, 4.69) is 9.97 Å². The summed E-state index contributed by atoms with van der Waals surface area (Å²) in [4.78, 5) is 7.75. The molecule has 0 saturated carbocycles. The highest BCUT2D eigenvalue weighted by Gasteiger charge is 2.03. The number of aromatic amines is 1. The van der Waals surface area contributed by atoms with E-state index in [1.165, 1.54) is 0 Å². The van der Waals surface area contributed by atoms with Gasteiger partial charge < -0.3 is 10.7 Å². The van der Waals surface area contributed by atoms with Crippen molar-refractivity contribution >= 4 is 16.7 Å². The second-order valence-electron chi connectivity index (χ2n) is 3.68. The van der Waals surface area contributed by atoms with E-state index in [1.54, 1.807) is 12.1 Å². The molecule has 0 fully saturated rings. The highest BCUT2D eigenvalue weighted by molar-refractivity contribution is 5.79. The van der Waals surface area contributed by atoms with Gasteiger partial charge in [-0.2, -0.15) is 0 Å². The first kappa shape index (κ1) is 8.97. The molecular formula is C13H10N3. The molecule has 1 aromatic heterocycles. The molecule has 16 heavy (non-hydrogen) atoms. The first-order chi connectivity index (χ1) is 7.83.